The molecule has 0 amide bonds. The van der Waals surface area contributed by atoms with E-state index in [1.54, 1.807) is 12.1 Å². The topological polar surface area (TPSA) is 59.6 Å². The molecule has 0 fully saturated rings. The number of benzene rings is 2. The molecule has 5 heteroatoms. The fourth-order valence-corrected chi connectivity index (χ4v) is 1.89. The smallest absolute Gasteiger partial charge is 0.193 e. The summed E-state index contributed by atoms with van der Waals surface area (Å²) in [5, 5.41) is 2.99. The van der Waals surface area contributed by atoms with Crippen molar-refractivity contribution in [3.8, 4) is 5.75 Å². The van der Waals surface area contributed by atoms with Crippen molar-refractivity contribution < 1.29 is 9.13 Å². The predicted molar refractivity (Wildman–Crippen MR) is 87.6 cm³/mol. The van der Waals surface area contributed by atoms with Gasteiger partial charge in [0.25, 0.3) is 0 Å². The number of nitrogens with two attached hydrogens (primary N) is 1. The van der Waals surface area contributed by atoms with Crippen LogP contribution in [0.1, 0.15) is 19.4 Å². The van der Waals surface area contributed by atoms with Gasteiger partial charge in [-0.3, -0.25) is 0 Å². The molecule has 0 unspecified atom stereocenters. The van der Waals surface area contributed by atoms with Crippen molar-refractivity contribution in [1.29, 1.82) is 0 Å². The molecule has 0 bridgehead atoms. The molecule has 0 saturated heterocycles. The van der Waals surface area contributed by atoms with Gasteiger partial charge in [-0.1, -0.05) is 12.1 Å². The molecule has 0 aliphatic heterocycles. The van der Waals surface area contributed by atoms with E-state index in [0.717, 1.165) is 17.0 Å². The largest absolute Gasteiger partial charge is 0.491 e. The van der Waals surface area contributed by atoms with Crippen LogP contribution in [0, 0.1) is 5.82 Å². The molecule has 0 radical (unpaired) electrons. The van der Waals surface area contributed by atoms with Gasteiger partial charge in [0.2, 0.25) is 0 Å². The predicted octanol–water partition coefficient (Wildman–Crippen LogP) is 3.54. The van der Waals surface area contributed by atoms with Gasteiger partial charge in [0, 0.05) is 5.69 Å². The molecule has 2 rings (SSSR count). The summed E-state index contributed by atoms with van der Waals surface area (Å²) in [7, 11) is 0. The molecule has 0 aliphatic rings. The van der Waals surface area contributed by atoms with Gasteiger partial charge in [-0.15, -0.1) is 0 Å². The van der Waals surface area contributed by atoms with Crippen molar-refractivity contribution in [2.75, 3.05) is 5.32 Å². The molecule has 2 aromatic carbocycles. The zero-order valence-corrected chi connectivity index (χ0v) is 12.7. The highest BCUT2D eigenvalue weighted by Crippen LogP contribution is 2.16. The molecule has 0 aromatic heterocycles. The Morgan fingerprint density at radius 3 is 2.59 bits per heavy atom. The number of nitrogens with one attached hydrogen (secondary N) is 1. The summed E-state index contributed by atoms with van der Waals surface area (Å²) in [5.41, 5.74) is 7.41. The standard InChI is InChI=1S/C17H20FN3O/c1-12(2)22-16-8-6-15(7-9-16)21-17(19)20-11-13-4-3-5-14(18)10-13/h3-10,12H,11H2,1-2H3,(H3,19,20,21). The maximum atomic E-state index is 13.1. The lowest BCUT2D eigenvalue weighted by Crippen LogP contribution is -2.22. The number of aliphatic imine (C=N–C) groups is 1. The Morgan fingerprint density at radius 2 is 1.95 bits per heavy atom. The first-order valence-electron chi connectivity index (χ1n) is 7.11. The van der Waals surface area contributed by atoms with Crippen LogP contribution in [0.2, 0.25) is 0 Å². The Labute approximate surface area is 129 Å². The Bertz CT molecular complexity index is 639. The Balaban J connectivity index is 1.93. The van der Waals surface area contributed by atoms with Crippen LogP contribution >= 0.6 is 0 Å². The fourth-order valence-electron chi connectivity index (χ4n) is 1.89. The Morgan fingerprint density at radius 1 is 1.23 bits per heavy atom. The molecule has 22 heavy (non-hydrogen) atoms. The first-order valence-corrected chi connectivity index (χ1v) is 7.11. The van der Waals surface area contributed by atoms with Crippen molar-refractivity contribution >= 4 is 11.6 Å². The van der Waals surface area contributed by atoms with Gasteiger partial charge < -0.3 is 15.8 Å². The second kappa shape index (κ2) is 7.45. The highest BCUT2D eigenvalue weighted by Gasteiger charge is 2.00. The number of nitrogens with zero attached hydrogens (tertiary/aromatic N) is 1. The number of hydrogen-bond acceptors (Lipinski definition) is 2. The van der Waals surface area contributed by atoms with E-state index in [1.807, 2.05) is 38.1 Å². The molecule has 3 N–H and O–H groups in total. The summed E-state index contributed by atoms with van der Waals surface area (Å²) in [5.74, 6) is 0.803. The number of hydrogen-bond donors (Lipinski definition) is 2. The highest BCUT2D eigenvalue weighted by molar-refractivity contribution is 5.92. The molecule has 4 nitrogen and oxygen atoms in total. The minimum atomic E-state index is -0.278. The van der Waals surface area contributed by atoms with Gasteiger partial charge in [-0.05, 0) is 55.8 Å². The lowest BCUT2D eigenvalue weighted by atomic mass is 10.2. The molecule has 0 spiro atoms. The van der Waals surface area contributed by atoms with Crippen LogP contribution in [-0.4, -0.2) is 12.1 Å². The molecular formula is C17H20FN3O. The van der Waals surface area contributed by atoms with Crippen LogP contribution in [0.3, 0.4) is 0 Å². The highest BCUT2D eigenvalue weighted by atomic mass is 19.1. The molecule has 2 aromatic rings. The van der Waals surface area contributed by atoms with Crippen LogP contribution < -0.4 is 15.8 Å². The van der Waals surface area contributed by atoms with Gasteiger partial charge in [0.15, 0.2) is 5.96 Å². The summed E-state index contributed by atoms with van der Waals surface area (Å²) in [6.45, 7) is 4.28. The normalized spacial score (nSPS) is 11.5. The SMILES string of the molecule is CC(C)Oc1ccc(NC(N)=NCc2cccc(F)c2)cc1. The quantitative estimate of drug-likeness (QED) is 0.656. The Hall–Kier alpha value is -2.56. The van der Waals surface area contributed by atoms with Gasteiger partial charge >= 0.3 is 0 Å². The summed E-state index contributed by atoms with van der Waals surface area (Å²) in [6, 6.07) is 13.7. The number of guanidine groups is 1. The second-order valence-corrected chi connectivity index (χ2v) is 5.15. The summed E-state index contributed by atoms with van der Waals surface area (Å²) >= 11 is 0. The number of anilines is 1. The summed E-state index contributed by atoms with van der Waals surface area (Å²) < 4.78 is 18.6. The molecule has 0 saturated carbocycles. The van der Waals surface area contributed by atoms with E-state index < -0.39 is 0 Å². The lowest BCUT2D eigenvalue weighted by Gasteiger charge is -2.11. The molecule has 0 heterocycles. The molecule has 0 atom stereocenters. The van der Waals surface area contributed by atoms with Crippen molar-refractivity contribution in [2.24, 2.45) is 10.7 Å². The van der Waals surface area contributed by atoms with Crippen molar-refractivity contribution in [3.63, 3.8) is 0 Å². The van der Waals surface area contributed by atoms with Crippen LogP contribution in [0.4, 0.5) is 10.1 Å². The maximum absolute atomic E-state index is 13.1. The van der Waals surface area contributed by atoms with E-state index in [4.69, 9.17) is 10.5 Å². The maximum Gasteiger partial charge on any atom is 0.193 e. The van der Waals surface area contributed by atoms with E-state index >= 15 is 0 Å². The minimum Gasteiger partial charge on any atom is -0.491 e. The third-order valence-electron chi connectivity index (χ3n) is 2.82. The van der Waals surface area contributed by atoms with Crippen LogP contribution in [0.5, 0.6) is 5.75 Å². The van der Waals surface area contributed by atoms with Crippen molar-refractivity contribution in [2.45, 2.75) is 26.5 Å². The van der Waals surface area contributed by atoms with Gasteiger partial charge in [-0.2, -0.15) is 0 Å². The van der Waals surface area contributed by atoms with Crippen LogP contribution in [0.15, 0.2) is 53.5 Å². The van der Waals surface area contributed by atoms with E-state index in [-0.39, 0.29) is 17.9 Å². The summed E-state index contributed by atoms with van der Waals surface area (Å²) in [4.78, 5) is 4.19. The Kier molecular flexibility index (Phi) is 5.36. The van der Waals surface area contributed by atoms with Crippen molar-refractivity contribution in [1.82, 2.24) is 0 Å². The third-order valence-corrected chi connectivity index (χ3v) is 2.82. The van der Waals surface area contributed by atoms with Gasteiger partial charge in [0.1, 0.15) is 11.6 Å². The van der Waals surface area contributed by atoms with E-state index in [0.29, 0.717) is 6.54 Å². The van der Waals surface area contributed by atoms with Crippen LogP contribution in [0.25, 0.3) is 0 Å². The molecule has 0 aliphatic carbocycles. The zero-order chi connectivity index (χ0) is 15.9. The first-order chi connectivity index (χ1) is 10.5. The third kappa shape index (κ3) is 5.09. The minimum absolute atomic E-state index is 0.136. The number of ether oxygens (including phenoxy) is 1. The monoisotopic (exact) mass is 301 g/mol. The zero-order valence-electron chi connectivity index (χ0n) is 12.7. The molecular weight excluding hydrogens is 281 g/mol. The second-order valence-electron chi connectivity index (χ2n) is 5.15. The molecule has 116 valence electrons. The number of rotatable bonds is 5. The van der Waals surface area contributed by atoms with Crippen LogP contribution in [-0.2, 0) is 6.54 Å². The fraction of sp³-hybridized carbons (Fsp3) is 0.235. The van der Waals surface area contributed by atoms with E-state index in [1.165, 1.54) is 12.1 Å². The number of halogens is 1. The van der Waals surface area contributed by atoms with E-state index in [2.05, 4.69) is 10.3 Å². The van der Waals surface area contributed by atoms with Gasteiger partial charge in [0.05, 0.1) is 12.6 Å². The average Bonchev–Trinajstić information content (AvgIpc) is 2.47. The van der Waals surface area contributed by atoms with Crippen molar-refractivity contribution in [3.05, 3.63) is 59.9 Å². The first kappa shape index (κ1) is 15.8. The van der Waals surface area contributed by atoms with Gasteiger partial charge in [-0.25, -0.2) is 9.38 Å². The summed E-state index contributed by atoms with van der Waals surface area (Å²) in [6.07, 6.45) is 0.136. The van der Waals surface area contributed by atoms with E-state index in [9.17, 15) is 4.39 Å². The lowest BCUT2D eigenvalue weighted by molar-refractivity contribution is 0.242. The average molecular weight is 301 g/mol.